The highest BCUT2D eigenvalue weighted by Gasteiger charge is 2.17. The summed E-state index contributed by atoms with van der Waals surface area (Å²) in [7, 11) is 1.87. The number of carbonyl (C=O) groups is 1. The van der Waals surface area contributed by atoms with E-state index in [1.807, 2.05) is 67.9 Å². The van der Waals surface area contributed by atoms with Crippen LogP contribution in [-0.2, 0) is 11.8 Å². The SMILES string of the molecule is Cc1c(Br)ccc(NC(=O)CSc2nnc(-c3cc4ccccc4o3)n2C)c1C. The molecule has 29 heavy (non-hydrogen) atoms. The fourth-order valence-corrected chi connectivity index (χ4v) is 4.13. The van der Waals surface area contributed by atoms with Crippen LogP contribution < -0.4 is 5.32 Å². The lowest BCUT2D eigenvalue weighted by Gasteiger charge is -2.11. The standard InChI is InChI=1S/C21H19BrN4O2S/c1-12-13(2)16(9-8-15(12)22)23-19(27)11-29-21-25-24-20(26(21)3)18-10-14-6-4-5-7-17(14)28-18/h4-10H,11H2,1-3H3,(H,23,27). The molecule has 4 aromatic rings. The van der Waals surface area contributed by atoms with Gasteiger partial charge in [0.15, 0.2) is 16.7 Å². The number of furan rings is 1. The van der Waals surface area contributed by atoms with E-state index in [0.717, 1.165) is 32.3 Å². The van der Waals surface area contributed by atoms with E-state index in [0.29, 0.717) is 16.7 Å². The summed E-state index contributed by atoms with van der Waals surface area (Å²) in [6.45, 7) is 4.01. The van der Waals surface area contributed by atoms with Crippen LogP contribution in [0.2, 0.25) is 0 Å². The summed E-state index contributed by atoms with van der Waals surface area (Å²) in [5.41, 5.74) is 3.78. The number of aromatic nitrogens is 3. The largest absolute Gasteiger partial charge is 0.453 e. The molecule has 0 atom stereocenters. The van der Waals surface area contributed by atoms with Crippen LogP contribution in [0.1, 0.15) is 11.1 Å². The van der Waals surface area contributed by atoms with Crippen molar-refractivity contribution in [1.82, 2.24) is 14.8 Å². The van der Waals surface area contributed by atoms with E-state index in [1.165, 1.54) is 11.8 Å². The van der Waals surface area contributed by atoms with Crippen LogP contribution in [-0.4, -0.2) is 26.4 Å². The summed E-state index contributed by atoms with van der Waals surface area (Å²) >= 11 is 4.84. The van der Waals surface area contributed by atoms with Crippen molar-refractivity contribution in [2.45, 2.75) is 19.0 Å². The van der Waals surface area contributed by atoms with Crippen molar-refractivity contribution >= 4 is 50.3 Å². The number of carbonyl (C=O) groups excluding carboxylic acids is 1. The Morgan fingerprint density at radius 2 is 1.97 bits per heavy atom. The Balaban J connectivity index is 1.45. The highest BCUT2D eigenvalue weighted by molar-refractivity contribution is 9.10. The monoisotopic (exact) mass is 470 g/mol. The normalized spacial score (nSPS) is 11.2. The molecule has 0 fully saturated rings. The van der Waals surface area contributed by atoms with Crippen LogP contribution >= 0.6 is 27.7 Å². The van der Waals surface area contributed by atoms with Crippen LogP contribution in [0.25, 0.3) is 22.6 Å². The van der Waals surface area contributed by atoms with Gasteiger partial charge in [0, 0.05) is 22.6 Å². The Morgan fingerprint density at radius 1 is 1.17 bits per heavy atom. The van der Waals surface area contributed by atoms with E-state index in [-0.39, 0.29) is 11.7 Å². The number of hydrogen-bond donors (Lipinski definition) is 1. The molecule has 0 aliphatic rings. The first kappa shape index (κ1) is 19.7. The molecule has 8 heteroatoms. The predicted molar refractivity (Wildman–Crippen MR) is 119 cm³/mol. The number of amides is 1. The van der Waals surface area contributed by atoms with Gasteiger partial charge in [-0.1, -0.05) is 45.9 Å². The number of benzene rings is 2. The van der Waals surface area contributed by atoms with Gasteiger partial charge in [-0.15, -0.1) is 10.2 Å². The van der Waals surface area contributed by atoms with Crippen LogP contribution in [0.4, 0.5) is 5.69 Å². The number of nitrogens with one attached hydrogen (secondary N) is 1. The molecular formula is C21H19BrN4O2S. The molecule has 0 saturated heterocycles. The second-order valence-corrected chi connectivity index (χ2v) is 8.49. The minimum absolute atomic E-state index is 0.0897. The fourth-order valence-electron chi connectivity index (χ4n) is 2.99. The van der Waals surface area contributed by atoms with E-state index < -0.39 is 0 Å². The maximum Gasteiger partial charge on any atom is 0.234 e. The van der Waals surface area contributed by atoms with E-state index in [4.69, 9.17) is 4.42 Å². The molecule has 2 aromatic carbocycles. The highest BCUT2D eigenvalue weighted by Crippen LogP contribution is 2.29. The maximum atomic E-state index is 12.4. The molecule has 6 nitrogen and oxygen atoms in total. The molecule has 0 aliphatic carbocycles. The lowest BCUT2D eigenvalue weighted by Crippen LogP contribution is -2.15. The zero-order valence-corrected chi connectivity index (χ0v) is 18.6. The quantitative estimate of drug-likeness (QED) is 0.398. The maximum absolute atomic E-state index is 12.4. The average Bonchev–Trinajstić information content (AvgIpc) is 3.30. The average molecular weight is 471 g/mol. The summed E-state index contributed by atoms with van der Waals surface area (Å²) < 4.78 is 8.74. The second kappa shape index (κ2) is 8.04. The molecule has 2 heterocycles. The second-order valence-electron chi connectivity index (χ2n) is 6.70. The molecule has 0 bridgehead atoms. The van der Waals surface area contributed by atoms with Gasteiger partial charge in [-0.2, -0.15) is 0 Å². The molecule has 148 valence electrons. The number of halogens is 1. The van der Waals surface area contributed by atoms with E-state index in [2.05, 4.69) is 31.4 Å². The first-order valence-electron chi connectivity index (χ1n) is 9.00. The predicted octanol–water partition coefficient (Wildman–Crippen LogP) is 5.34. The molecule has 4 rings (SSSR count). The number of hydrogen-bond acceptors (Lipinski definition) is 5. The Labute approximate surface area is 180 Å². The van der Waals surface area contributed by atoms with Gasteiger partial charge in [0.05, 0.1) is 5.75 Å². The molecule has 0 aliphatic heterocycles. The molecule has 0 saturated carbocycles. The molecule has 0 unspecified atom stereocenters. The fraction of sp³-hybridized carbons (Fsp3) is 0.190. The Bertz CT molecular complexity index is 1180. The number of fused-ring (bicyclic) bond motifs is 1. The third kappa shape index (κ3) is 3.95. The molecule has 0 radical (unpaired) electrons. The van der Waals surface area contributed by atoms with Crippen LogP contribution in [0.5, 0.6) is 0 Å². The lowest BCUT2D eigenvalue weighted by atomic mass is 10.1. The van der Waals surface area contributed by atoms with E-state index in [9.17, 15) is 4.79 Å². The van der Waals surface area contributed by atoms with Crippen molar-refractivity contribution in [3.05, 3.63) is 58.1 Å². The minimum Gasteiger partial charge on any atom is -0.453 e. The van der Waals surface area contributed by atoms with Crippen LogP contribution in [0.3, 0.4) is 0 Å². The van der Waals surface area contributed by atoms with Crippen molar-refractivity contribution in [1.29, 1.82) is 0 Å². The van der Waals surface area contributed by atoms with E-state index in [1.54, 1.807) is 0 Å². The zero-order valence-electron chi connectivity index (χ0n) is 16.2. The van der Waals surface area contributed by atoms with Crippen molar-refractivity contribution in [2.75, 3.05) is 11.1 Å². The van der Waals surface area contributed by atoms with Crippen molar-refractivity contribution in [3.63, 3.8) is 0 Å². The summed E-state index contributed by atoms with van der Waals surface area (Å²) in [6.07, 6.45) is 0. The Morgan fingerprint density at radius 3 is 2.76 bits per heavy atom. The number of anilines is 1. The Hall–Kier alpha value is -2.58. The summed E-state index contributed by atoms with van der Waals surface area (Å²) in [4.78, 5) is 12.4. The van der Waals surface area contributed by atoms with Crippen molar-refractivity contribution < 1.29 is 9.21 Å². The van der Waals surface area contributed by atoms with Gasteiger partial charge in [0.1, 0.15) is 5.58 Å². The molecule has 1 N–H and O–H groups in total. The smallest absolute Gasteiger partial charge is 0.234 e. The van der Waals surface area contributed by atoms with Crippen molar-refractivity contribution in [3.8, 4) is 11.6 Å². The first-order valence-corrected chi connectivity index (χ1v) is 10.8. The molecule has 1 amide bonds. The minimum atomic E-state index is -0.0897. The number of para-hydroxylation sites is 1. The van der Waals surface area contributed by atoms with Gasteiger partial charge in [-0.3, -0.25) is 4.79 Å². The molecular weight excluding hydrogens is 452 g/mol. The van der Waals surface area contributed by atoms with Gasteiger partial charge in [-0.05, 0) is 49.2 Å². The van der Waals surface area contributed by atoms with Gasteiger partial charge >= 0.3 is 0 Å². The van der Waals surface area contributed by atoms with Crippen molar-refractivity contribution in [2.24, 2.45) is 7.05 Å². The third-order valence-corrected chi connectivity index (χ3v) is 6.69. The summed E-state index contributed by atoms with van der Waals surface area (Å²) in [6, 6.07) is 13.6. The van der Waals surface area contributed by atoms with Gasteiger partial charge in [0.25, 0.3) is 0 Å². The number of nitrogens with zero attached hydrogens (tertiary/aromatic N) is 3. The highest BCUT2D eigenvalue weighted by atomic mass is 79.9. The number of rotatable bonds is 5. The van der Waals surface area contributed by atoms with Gasteiger partial charge in [0.2, 0.25) is 5.91 Å². The van der Waals surface area contributed by atoms with Crippen LogP contribution in [0.15, 0.2) is 56.5 Å². The van der Waals surface area contributed by atoms with E-state index >= 15 is 0 Å². The summed E-state index contributed by atoms with van der Waals surface area (Å²) in [5.74, 6) is 1.43. The van der Waals surface area contributed by atoms with Gasteiger partial charge in [-0.25, -0.2) is 0 Å². The third-order valence-electron chi connectivity index (χ3n) is 4.81. The zero-order chi connectivity index (χ0) is 20.5. The lowest BCUT2D eigenvalue weighted by molar-refractivity contribution is -0.113. The first-order chi connectivity index (χ1) is 13.9. The summed E-state index contributed by atoms with van der Waals surface area (Å²) in [5, 5.41) is 13.1. The molecule has 0 spiro atoms. The number of thioether (sulfide) groups is 1. The van der Waals surface area contributed by atoms with Crippen LogP contribution in [0, 0.1) is 13.8 Å². The Kier molecular flexibility index (Phi) is 5.47. The molecule has 2 aromatic heterocycles. The van der Waals surface area contributed by atoms with Gasteiger partial charge < -0.3 is 14.3 Å². The topological polar surface area (TPSA) is 73.0 Å².